The normalized spacial score (nSPS) is 7.38. The van der Waals surface area contributed by atoms with Crippen LogP contribution in [0.25, 0.3) is 0 Å². The van der Waals surface area contributed by atoms with Gasteiger partial charge in [0.05, 0.1) is 0 Å². The summed E-state index contributed by atoms with van der Waals surface area (Å²) in [6.07, 6.45) is 0. The van der Waals surface area contributed by atoms with Gasteiger partial charge in [-0.15, -0.1) is 0 Å². The van der Waals surface area contributed by atoms with Gasteiger partial charge >= 0.3 is 33.2 Å². The molecule has 0 aromatic rings. The van der Waals surface area contributed by atoms with Gasteiger partial charge in [-0.2, -0.15) is 0 Å². The molecule has 0 amide bonds. The van der Waals surface area contributed by atoms with Crippen molar-refractivity contribution in [3.8, 4) is 0 Å². The largest absolute Gasteiger partial charge is 0.0576 e. The van der Waals surface area contributed by atoms with Gasteiger partial charge in [-0.25, -0.2) is 0 Å². The minimum atomic E-state index is -6.10. The molecular formula is H9O4S3Sb. The first-order chi connectivity index (χ1) is 2.00. The summed E-state index contributed by atoms with van der Waals surface area (Å²) >= 11 is -6.10. The van der Waals surface area contributed by atoms with Crippen LogP contribution in [0.3, 0.4) is 0 Å². The fraction of sp³-hybridized carbons (Fsp3) is 0. The van der Waals surface area contributed by atoms with Gasteiger partial charge in [0, 0.05) is 0 Å². The van der Waals surface area contributed by atoms with E-state index in [1.54, 1.807) is 0 Å². The monoisotopic (exact) mass is 290 g/mol. The third kappa shape index (κ3) is 135. The molecule has 0 spiro atoms. The molecule has 0 saturated heterocycles. The zero-order valence-corrected chi connectivity index (χ0v) is 9.83. The van der Waals surface area contributed by atoms with Gasteiger partial charge < -0.3 is 0 Å². The maximum atomic E-state index is 8.64. The Kier molecular flexibility index (Phi) is 24.2. The smallest absolute Gasteiger partial charge is 0.0576 e. The van der Waals surface area contributed by atoms with Crippen molar-refractivity contribution in [1.82, 2.24) is 0 Å². The molecule has 0 bridgehead atoms. The topological polar surface area (TPSA) is 86.2 Å². The van der Waals surface area contributed by atoms with E-state index in [9.17, 15) is 0 Å². The van der Waals surface area contributed by atoms with Gasteiger partial charge in [0.25, 0.3) is 0 Å². The molecule has 0 aliphatic rings. The predicted octanol–water partition coefficient (Wildman–Crippen LogP) is -6.48. The molecule has 8 heteroatoms. The fourth-order valence-corrected chi connectivity index (χ4v) is 0. The third-order valence-electron chi connectivity index (χ3n) is 0. The average Bonchev–Trinajstić information content (AvgIpc) is 0.722. The van der Waals surface area contributed by atoms with Crippen LogP contribution >= 0.6 is 0 Å². The van der Waals surface area contributed by atoms with E-state index in [-0.39, 0.29) is 40.5 Å². The number of hydrogen-bond acceptors (Lipinski definition) is 4. The van der Waals surface area contributed by atoms with Crippen LogP contribution in [0.4, 0.5) is 0 Å². The molecule has 0 aliphatic heterocycles. The standard InChI is InChI=1S/4O.3H2S.Sb/h;;;;3*1H2;/q;3*-1;;;;/p+3. The molecule has 0 aromatic heterocycles. The molecule has 0 radical (unpaired) electrons. The zero-order valence-electron chi connectivity index (χ0n) is 3.81. The summed E-state index contributed by atoms with van der Waals surface area (Å²) in [5.74, 6) is 0. The Balaban J connectivity index is -0.0000000267. The summed E-state index contributed by atoms with van der Waals surface area (Å²) in [6, 6.07) is 0. The summed E-state index contributed by atoms with van der Waals surface area (Å²) in [5.41, 5.74) is 0. The summed E-state index contributed by atoms with van der Waals surface area (Å²) in [6.45, 7) is 0. The predicted molar refractivity (Wildman–Crippen MR) is 41.1 cm³/mol. The molecule has 0 aliphatic carbocycles. The maximum absolute atomic E-state index is 8.64. The van der Waals surface area contributed by atoms with Crippen LogP contribution in [0.5, 0.6) is 0 Å². The van der Waals surface area contributed by atoms with Crippen LogP contribution in [-0.2, 0) is 43.5 Å². The van der Waals surface area contributed by atoms with E-state index in [1.165, 1.54) is 0 Å². The van der Waals surface area contributed by atoms with Gasteiger partial charge in [0.15, 0.2) is 0 Å². The van der Waals surface area contributed by atoms with Crippen LogP contribution in [0.2, 0.25) is 0 Å². The minimum absolute atomic E-state index is 0. The second kappa shape index (κ2) is 8.55. The molecule has 0 heterocycles. The summed E-state index contributed by atoms with van der Waals surface area (Å²) < 4.78 is 34.6. The van der Waals surface area contributed by atoms with Crippen molar-refractivity contribution in [1.29, 1.82) is 0 Å². The third-order valence-corrected chi connectivity index (χ3v) is 0. The Bertz CT molecular complexity index is 57.4. The first-order valence-corrected chi connectivity index (χ1v) is 4.90. The van der Waals surface area contributed by atoms with Crippen molar-refractivity contribution in [2.24, 2.45) is 0 Å². The summed E-state index contributed by atoms with van der Waals surface area (Å²) in [7, 11) is 0. The first kappa shape index (κ1) is 22.7. The van der Waals surface area contributed by atoms with E-state index in [1.807, 2.05) is 0 Å². The number of hydrogen-bond donors (Lipinski definition) is 0. The molecule has 0 atom stereocenters. The van der Waals surface area contributed by atoms with Gasteiger partial charge in [0.2, 0.25) is 0 Å². The summed E-state index contributed by atoms with van der Waals surface area (Å²) in [5, 5.41) is 0. The molecule has 0 rings (SSSR count). The van der Waals surface area contributed by atoms with Gasteiger partial charge in [-0.05, 0) is 0 Å². The molecule has 8 heavy (non-hydrogen) atoms. The minimum Gasteiger partial charge on any atom is -0.0576 e. The Morgan fingerprint density at radius 2 is 0.875 bits per heavy atom. The van der Waals surface area contributed by atoms with Crippen molar-refractivity contribution in [3.63, 3.8) is 0 Å². The Hall–Kier alpha value is 1.55. The maximum Gasteiger partial charge on any atom is -0.0576 e. The molecule has 4 nitrogen and oxygen atoms in total. The Labute approximate surface area is 73.3 Å². The van der Waals surface area contributed by atoms with Crippen LogP contribution in [-0.4, -0.2) is 20.1 Å². The molecular weight excluding hydrogens is 282 g/mol. The Morgan fingerprint density at radius 3 is 0.875 bits per heavy atom. The second-order valence-corrected chi connectivity index (χ2v) is 3.00. The van der Waals surface area contributed by atoms with Crippen molar-refractivity contribution in [3.05, 3.63) is 0 Å². The quantitative estimate of drug-likeness (QED) is 0.328. The molecule has 0 N–H and O–H groups in total. The SMILES string of the molecule is [O]=[Sb]([O-])([O-])[O-].[SH3+].[SH3+].[SH3+]. The zero-order chi connectivity index (χ0) is 4.50. The molecule has 0 unspecified atom stereocenters. The van der Waals surface area contributed by atoms with Gasteiger partial charge in [-0.1, -0.05) is 40.5 Å². The van der Waals surface area contributed by atoms with E-state index >= 15 is 0 Å². The Morgan fingerprint density at radius 1 is 0.875 bits per heavy atom. The molecule has 0 saturated carbocycles. The van der Waals surface area contributed by atoms with Crippen LogP contribution in [0.15, 0.2) is 0 Å². The van der Waals surface area contributed by atoms with E-state index in [0.29, 0.717) is 0 Å². The molecule has 0 fully saturated rings. The van der Waals surface area contributed by atoms with Crippen LogP contribution in [0.1, 0.15) is 0 Å². The average molecular weight is 291 g/mol. The number of rotatable bonds is 0. The fourth-order valence-electron chi connectivity index (χ4n) is 0. The van der Waals surface area contributed by atoms with E-state index in [4.69, 9.17) is 13.2 Å². The van der Waals surface area contributed by atoms with Crippen molar-refractivity contribution in [2.75, 3.05) is 0 Å². The van der Waals surface area contributed by atoms with Crippen LogP contribution in [0, 0.1) is 0 Å². The van der Waals surface area contributed by atoms with Gasteiger partial charge in [-0.3, -0.25) is 0 Å². The molecule has 0 aromatic carbocycles. The second-order valence-electron chi connectivity index (χ2n) is 0.447. The van der Waals surface area contributed by atoms with Crippen molar-refractivity contribution in [2.45, 2.75) is 0 Å². The van der Waals surface area contributed by atoms with Crippen molar-refractivity contribution < 1.29 is 13.2 Å². The summed E-state index contributed by atoms with van der Waals surface area (Å²) in [4.78, 5) is 0. The van der Waals surface area contributed by atoms with Crippen molar-refractivity contribution >= 4 is 60.5 Å². The van der Waals surface area contributed by atoms with Crippen LogP contribution < -0.4 is 10.2 Å². The first-order valence-electron chi connectivity index (χ1n) is 0.730. The van der Waals surface area contributed by atoms with E-state index in [2.05, 4.69) is 0 Å². The van der Waals surface area contributed by atoms with E-state index < -0.39 is 20.1 Å². The molecule has 56 valence electrons. The van der Waals surface area contributed by atoms with Gasteiger partial charge in [0.1, 0.15) is 0 Å². The van der Waals surface area contributed by atoms with E-state index in [0.717, 1.165) is 0 Å².